The maximum atomic E-state index is 13.1. The second kappa shape index (κ2) is 6.96. The first kappa shape index (κ1) is 13.6. The number of non-ortho nitro benzene ring substituents is 1. The van der Waals surface area contributed by atoms with Crippen LogP contribution in [-0.2, 0) is 6.54 Å². The summed E-state index contributed by atoms with van der Waals surface area (Å²) < 4.78 is 13.1. The average Bonchev–Trinajstić information content (AvgIpc) is 2.28. The van der Waals surface area contributed by atoms with Gasteiger partial charge < -0.3 is 5.32 Å². The lowest BCUT2D eigenvalue weighted by molar-refractivity contribution is -0.385. The van der Waals surface area contributed by atoms with Crippen LogP contribution in [0.1, 0.15) is 31.7 Å². The lowest BCUT2D eigenvalue weighted by Crippen LogP contribution is -2.14. The molecule has 0 unspecified atom stereocenters. The van der Waals surface area contributed by atoms with Gasteiger partial charge in [0.15, 0.2) is 0 Å². The van der Waals surface area contributed by atoms with Crippen molar-refractivity contribution in [2.75, 3.05) is 6.54 Å². The quantitative estimate of drug-likeness (QED) is 0.453. The molecular formula is C12H17FN2O2. The van der Waals surface area contributed by atoms with Gasteiger partial charge in [0.2, 0.25) is 0 Å². The van der Waals surface area contributed by atoms with Crippen LogP contribution in [0.5, 0.6) is 0 Å². The summed E-state index contributed by atoms with van der Waals surface area (Å²) in [5.41, 5.74) is 0.406. The van der Waals surface area contributed by atoms with Crippen LogP contribution in [0, 0.1) is 15.9 Å². The zero-order chi connectivity index (χ0) is 12.7. The SMILES string of the molecule is CCCCCNCc1cc(F)cc([N+](=O)[O-])c1. The van der Waals surface area contributed by atoms with Crippen molar-refractivity contribution >= 4 is 5.69 Å². The largest absolute Gasteiger partial charge is 0.313 e. The van der Waals surface area contributed by atoms with Crippen molar-refractivity contribution in [2.45, 2.75) is 32.7 Å². The Hall–Kier alpha value is -1.49. The van der Waals surface area contributed by atoms with E-state index < -0.39 is 10.7 Å². The summed E-state index contributed by atoms with van der Waals surface area (Å²) in [6, 6.07) is 3.65. The fourth-order valence-electron chi connectivity index (χ4n) is 1.57. The number of nitrogens with one attached hydrogen (secondary N) is 1. The zero-order valence-electron chi connectivity index (χ0n) is 9.91. The number of hydrogen-bond acceptors (Lipinski definition) is 3. The van der Waals surface area contributed by atoms with Crippen LogP contribution in [0.25, 0.3) is 0 Å². The van der Waals surface area contributed by atoms with Crippen LogP contribution >= 0.6 is 0 Å². The lowest BCUT2D eigenvalue weighted by Gasteiger charge is -2.04. The molecule has 17 heavy (non-hydrogen) atoms. The van der Waals surface area contributed by atoms with E-state index in [1.807, 2.05) is 0 Å². The van der Waals surface area contributed by atoms with Crippen molar-refractivity contribution in [1.82, 2.24) is 5.32 Å². The van der Waals surface area contributed by atoms with Gasteiger partial charge in [0.1, 0.15) is 5.82 Å². The van der Waals surface area contributed by atoms with Crippen LogP contribution in [0.2, 0.25) is 0 Å². The summed E-state index contributed by atoms with van der Waals surface area (Å²) in [4.78, 5) is 9.96. The Morgan fingerprint density at radius 2 is 2.12 bits per heavy atom. The Morgan fingerprint density at radius 3 is 2.76 bits per heavy atom. The summed E-state index contributed by atoms with van der Waals surface area (Å²) in [7, 11) is 0. The van der Waals surface area contributed by atoms with Crippen LogP contribution < -0.4 is 5.32 Å². The van der Waals surface area contributed by atoms with E-state index in [4.69, 9.17) is 0 Å². The van der Waals surface area contributed by atoms with Gasteiger partial charge in [0.25, 0.3) is 5.69 Å². The van der Waals surface area contributed by atoms with E-state index in [0.29, 0.717) is 12.1 Å². The predicted molar refractivity (Wildman–Crippen MR) is 64.3 cm³/mol. The summed E-state index contributed by atoms with van der Waals surface area (Å²) in [5, 5.41) is 13.7. The highest BCUT2D eigenvalue weighted by Gasteiger charge is 2.09. The first-order chi connectivity index (χ1) is 8.13. The molecule has 5 heteroatoms. The van der Waals surface area contributed by atoms with E-state index in [9.17, 15) is 14.5 Å². The summed E-state index contributed by atoms with van der Waals surface area (Å²) in [6.45, 7) is 3.43. The molecular weight excluding hydrogens is 223 g/mol. The van der Waals surface area contributed by atoms with E-state index in [1.165, 1.54) is 12.1 Å². The molecule has 0 bridgehead atoms. The summed E-state index contributed by atoms with van der Waals surface area (Å²) >= 11 is 0. The number of nitro benzene ring substituents is 1. The minimum absolute atomic E-state index is 0.199. The molecule has 1 N–H and O–H groups in total. The van der Waals surface area contributed by atoms with Gasteiger partial charge >= 0.3 is 0 Å². The molecule has 0 aliphatic rings. The molecule has 0 saturated heterocycles. The van der Waals surface area contributed by atoms with Crippen LogP contribution in [0.15, 0.2) is 18.2 Å². The van der Waals surface area contributed by atoms with Crippen molar-refractivity contribution < 1.29 is 9.31 Å². The molecule has 0 aliphatic heterocycles. The van der Waals surface area contributed by atoms with E-state index in [2.05, 4.69) is 12.2 Å². The average molecular weight is 240 g/mol. The Bertz CT molecular complexity index is 383. The van der Waals surface area contributed by atoms with Crippen molar-refractivity contribution in [1.29, 1.82) is 0 Å². The maximum Gasteiger partial charge on any atom is 0.272 e. The molecule has 0 atom stereocenters. The number of rotatable bonds is 7. The smallest absolute Gasteiger partial charge is 0.272 e. The minimum atomic E-state index is -0.580. The third kappa shape index (κ3) is 4.91. The van der Waals surface area contributed by atoms with Crippen molar-refractivity contribution in [3.8, 4) is 0 Å². The fraction of sp³-hybridized carbons (Fsp3) is 0.500. The third-order valence-corrected chi connectivity index (χ3v) is 2.44. The van der Waals surface area contributed by atoms with Gasteiger partial charge in [-0.3, -0.25) is 10.1 Å². The number of hydrogen-bond donors (Lipinski definition) is 1. The molecule has 0 aromatic heterocycles. The number of unbranched alkanes of at least 4 members (excludes halogenated alkanes) is 2. The molecule has 0 spiro atoms. The van der Waals surface area contributed by atoms with Gasteiger partial charge in [-0.15, -0.1) is 0 Å². The zero-order valence-corrected chi connectivity index (χ0v) is 9.91. The van der Waals surface area contributed by atoms with Gasteiger partial charge in [-0.25, -0.2) is 4.39 Å². The van der Waals surface area contributed by atoms with Gasteiger partial charge in [-0.1, -0.05) is 19.8 Å². The monoisotopic (exact) mass is 240 g/mol. The molecule has 1 aromatic rings. The molecule has 4 nitrogen and oxygen atoms in total. The number of benzene rings is 1. The fourth-order valence-corrected chi connectivity index (χ4v) is 1.57. The van der Waals surface area contributed by atoms with E-state index in [1.54, 1.807) is 0 Å². The Morgan fingerprint density at radius 1 is 1.35 bits per heavy atom. The van der Waals surface area contributed by atoms with E-state index >= 15 is 0 Å². The molecule has 0 aliphatic carbocycles. The number of halogens is 1. The van der Waals surface area contributed by atoms with E-state index in [-0.39, 0.29) is 5.69 Å². The third-order valence-electron chi connectivity index (χ3n) is 2.44. The Kier molecular flexibility index (Phi) is 5.56. The highest BCUT2D eigenvalue weighted by atomic mass is 19.1. The van der Waals surface area contributed by atoms with Gasteiger partial charge in [-0.2, -0.15) is 0 Å². The molecule has 0 saturated carbocycles. The van der Waals surface area contributed by atoms with E-state index in [0.717, 1.165) is 31.9 Å². The molecule has 0 heterocycles. The summed E-state index contributed by atoms with van der Waals surface area (Å²) in [6.07, 6.45) is 3.36. The second-order valence-electron chi connectivity index (χ2n) is 3.96. The number of nitro groups is 1. The van der Waals surface area contributed by atoms with Gasteiger partial charge in [0, 0.05) is 12.6 Å². The first-order valence-electron chi connectivity index (χ1n) is 5.78. The maximum absolute atomic E-state index is 13.1. The van der Waals surface area contributed by atoms with Crippen LogP contribution in [0.4, 0.5) is 10.1 Å². The Balaban J connectivity index is 2.50. The normalized spacial score (nSPS) is 10.5. The molecule has 0 amide bonds. The second-order valence-corrected chi connectivity index (χ2v) is 3.96. The highest BCUT2D eigenvalue weighted by molar-refractivity contribution is 5.35. The highest BCUT2D eigenvalue weighted by Crippen LogP contribution is 2.16. The van der Waals surface area contributed by atoms with Crippen molar-refractivity contribution in [3.05, 3.63) is 39.7 Å². The Labute approximate surface area is 100.0 Å². The topological polar surface area (TPSA) is 55.2 Å². The molecule has 0 radical (unpaired) electrons. The predicted octanol–water partition coefficient (Wildman–Crippen LogP) is 3.01. The molecule has 94 valence electrons. The van der Waals surface area contributed by atoms with Crippen LogP contribution in [0.3, 0.4) is 0 Å². The molecule has 1 aromatic carbocycles. The first-order valence-corrected chi connectivity index (χ1v) is 5.78. The summed E-state index contributed by atoms with van der Waals surface area (Å²) in [5.74, 6) is -0.565. The lowest BCUT2D eigenvalue weighted by atomic mass is 10.2. The minimum Gasteiger partial charge on any atom is -0.313 e. The molecule has 0 fully saturated rings. The van der Waals surface area contributed by atoms with Crippen molar-refractivity contribution in [2.24, 2.45) is 0 Å². The molecule has 1 rings (SSSR count). The van der Waals surface area contributed by atoms with Gasteiger partial charge in [-0.05, 0) is 24.6 Å². The van der Waals surface area contributed by atoms with Crippen molar-refractivity contribution in [3.63, 3.8) is 0 Å². The van der Waals surface area contributed by atoms with Gasteiger partial charge in [0.05, 0.1) is 11.0 Å². The number of nitrogens with zero attached hydrogens (tertiary/aromatic N) is 1. The standard InChI is InChI=1S/C12H17FN2O2/c1-2-3-4-5-14-9-10-6-11(13)8-12(7-10)15(16)17/h6-8,14H,2-5,9H2,1H3. The van der Waals surface area contributed by atoms with Crippen LogP contribution in [-0.4, -0.2) is 11.5 Å².